The fourth-order valence-corrected chi connectivity index (χ4v) is 2.03. The van der Waals surface area contributed by atoms with Gasteiger partial charge in [-0.2, -0.15) is 0 Å². The molecule has 2 N–H and O–H groups in total. The number of nitrogens with zero attached hydrogens (tertiary/aromatic N) is 1. The highest BCUT2D eigenvalue weighted by Crippen LogP contribution is 2.26. The lowest BCUT2D eigenvalue weighted by molar-refractivity contribution is 0.242. The van der Waals surface area contributed by atoms with Gasteiger partial charge in [-0.3, -0.25) is 4.90 Å². The van der Waals surface area contributed by atoms with Crippen LogP contribution in [0.3, 0.4) is 0 Å². The summed E-state index contributed by atoms with van der Waals surface area (Å²) in [7, 11) is 0. The number of anilines is 1. The quantitative estimate of drug-likeness (QED) is 0.851. The van der Waals surface area contributed by atoms with E-state index in [0.717, 1.165) is 18.7 Å². The van der Waals surface area contributed by atoms with Gasteiger partial charge in [0.1, 0.15) is 5.75 Å². The van der Waals surface area contributed by atoms with Crippen LogP contribution in [-0.2, 0) is 6.61 Å². The molecule has 0 aliphatic carbocycles. The third kappa shape index (κ3) is 2.56. The minimum absolute atomic E-state index is 0.0886. The van der Waals surface area contributed by atoms with Crippen LogP contribution in [0.5, 0.6) is 5.75 Å². The van der Waals surface area contributed by atoms with Gasteiger partial charge in [0.15, 0.2) is 0 Å². The summed E-state index contributed by atoms with van der Waals surface area (Å²) < 4.78 is 5.42. The van der Waals surface area contributed by atoms with Crippen molar-refractivity contribution in [2.45, 2.75) is 20.0 Å². The molecule has 0 atom stereocenters. The van der Waals surface area contributed by atoms with E-state index in [9.17, 15) is 9.90 Å². The molecule has 0 spiro atoms. The highest BCUT2D eigenvalue weighted by molar-refractivity contribution is 5.92. The van der Waals surface area contributed by atoms with Gasteiger partial charge in [-0.25, -0.2) is 4.79 Å². The predicted octanol–water partition coefficient (Wildman–Crippen LogP) is 1.50. The summed E-state index contributed by atoms with van der Waals surface area (Å²) in [5, 5.41) is 12.1. The molecule has 0 aromatic heterocycles. The van der Waals surface area contributed by atoms with Crippen LogP contribution in [0.15, 0.2) is 18.2 Å². The van der Waals surface area contributed by atoms with E-state index in [1.165, 1.54) is 0 Å². The van der Waals surface area contributed by atoms with E-state index < -0.39 is 0 Å². The van der Waals surface area contributed by atoms with Crippen molar-refractivity contribution >= 4 is 11.7 Å². The van der Waals surface area contributed by atoms with Gasteiger partial charge in [-0.15, -0.1) is 0 Å². The topological polar surface area (TPSA) is 61.8 Å². The molecule has 2 amide bonds. The van der Waals surface area contributed by atoms with Crippen molar-refractivity contribution in [2.75, 3.05) is 24.6 Å². The van der Waals surface area contributed by atoms with Gasteiger partial charge in [0.2, 0.25) is 0 Å². The molecule has 98 valence electrons. The Morgan fingerprint density at radius 3 is 3.00 bits per heavy atom. The molecule has 0 radical (unpaired) electrons. The number of benzene rings is 1. The molecule has 1 aliphatic rings. The molecule has 0 unspecified atom stereocenters. The third-order valence-electron chi connectivity index (χ3n) is 2.91. The van der Waals surface area contributed by atoms with Gasteiger partial charge in [-0.1, -0.05) is 0 Å². The first kappa shape index (κ1) is 12.7. The molecule has 0 saturated carbocycles. The van der Waals surface area contributed by atoms with E-state index in [4.69, 9.17) is 4.74 Å². The number of hydrogen-bond donors (Lipinski definition) is 2. The zero-order chi connectivity index (χ0) is 13.0. The maximum Gasteiger partial charge on any atom is 0.321 e. The molecular formula is C13H18N2O3. The lowest BCUT2D eigenvalue weighted by Gasteiger charge is -2.28. The second-order valence-corrected chi connectivity index (χ2v) is 4.12. The number of hydrogen-bond acceptors (Lipinski definition) is 3. The van der Waals surface area contributed by atoms with Gasteiger partial charge in [0.25, 0.3) is 0 Å². The van der Waals surface area contributed by atoms with Crippen LogP contribution in [0.4, 0.5) is 10.5 Å². The Kier molecular flexibility index (Phi) is 4.04. The van der Waals surface area contributed by atoms with Crippen LogP contribution in [0.2, 0.25) is 0 Å². The van der Waals surface area contributed by atoms with Gasteiger partial charge < -0.3 is 15.2 Å². The summed E-state index contributed by atoms with van der Waals surface area (Å²) in [5.41, 5.74) is 1.49. The minimum atomic E-state index is -0.0986. The van der Waals surface area contributed by atoms with Gasteiger partial charge >= 0.3 is 6.03 Å². The lowest BCUT2D eigenvalue weighted by atomic mass is 10.1. The fraction of sp³-hybridized carbons (Fsp3) is 0.462. The Labute approximate surface area is 106 Å². The van der Waals surface area contributed by atoms with Crippen LogP contribution in [0, 0.1) is 0 Å². The number of rotatable bonds is 4. The number of urea groups is 1. The smallest absolute Gasteiger partial charge is 0.321 e. The van der Waals surface area contributed by atoms with E-state index >= 15 is 0 Å². The summed E-state index contributed by atoms with van der Waals surface area (Å²) in [6.45, 7) is 3.77. The minimum Gasteiger partial charge on any atom is -0.494 e. The van der Waals surface area contributed by atoms with Crippen LogP contribution in [-0.4, -0.2) is 30.8 Å². The van der Waals surface area contributed by atoms with Gasteiger partial charge in [-0.05, 0) is 31.5 Å². The predicted molar refractivity (Wildman–Crippen MR) is 68.9 cm³/mol. The Morgan fingerprint density at radius 2 is 2.33 bits per heavy atom. The average Bonchev–Trinajstić information content (AvgIpc) is 2.40. The van der Waals surface area contributed by atoms with Crippen molar-refractivity contribution in [2.24, 2.45) is 0 Å². The van der Waals surface area contributed by atoms with E-state index in [2.05, 4.69) is 5.32 Å². The molecule has 2 rings (SSSR count). The fourth-order valence-electron chi connectivity index (χ4n) is 2.03. The maximum atomic E-state index is 11.7. The van der Waals surface area contributed by atoms with Crippen molar-refractivity contribution < 1.29 is 14.6 Å². The molecule has 5 heteroatoms. The first-order chi connectivity index (χ1) is 8.76. The molecule has 18 heavy (non-hydrogen) atoms. The summed E-state index contributed by atoms with van der Waals surface area (Å²) in [4.78, 5) is 13.4. The van der Waals surface area contributed by atoms with Crippen LogP contribution < -0.4 is 15.0 Å². The first-order valence-corrected chi connectivity index (χ1v) is 6.18. The van der Waals surface area contributed by atoms with Crippen molar-refractivity contribution in [3.05, 3.63) is 23.8 Å². The highest BCUT2D eigenvalue weighted by Gasteiger charge is 2.20. The highest BCUT2D eigenvalue weighted by atomic mass is 16.5. The number of carbonyl (C=O) groups is 1. The molecular weight excluding hydrogens is 232 g/mol. The summed E-state index contributed by atoms with van der Waals surface area (Å²) in [6.07, 6.45) is 0.924. The molecule has 1 saturated heterocycles. The van der Waals surface area contributed by atoms with Crippen molar-refractivity contribution in [3.8, 4) is 5.75 Å². The number of nitrogens with one attached hydrogen (secondary N) is 1. The van der Waals surface area contributed by atoms with Crippen LogP contribution in [0.1, 0.15) is 18.9 Å². The molecule has 1 aromatic carbocycles. The maximum absolute atomic E-state index is 11.7. The summed E-state index contributed by atoms with van der Waals surface area (Å²) in [5.74, 6) is 0.668. The Hall–Kier alpha value is -1.75. The number of amides is 2. The zero-order valence-electron chi connectivity index (χ0n) is 10.5. The van der Waals surface area contributed by atoms with Crippen LogP contribution >= 0.6 is 0 Å². The Bertz CT molecular complexity index is 434. The number of aliphatic hydroxyl groups is 1. The third-order valence-corrected chi connectivity index (χ3v) is 2.91. The zero-order valence-corrected chi connectivity index (χ0v) is 10.5. The largest absolute Gasteiger partial charge is 0.494 e. The van der Waals surface area contributed by atoms with E-state index in [1.54, 1.807) is 17.0 Å². The normalized spacial score (nSPS) is 15.4. The number of ether oxygens (including phenoxy) is 1. The first-order valence-electron chi connectivity index (χ1n) is 6.18. The standard InChI is InChI=1S/C13H18N2O3/c1-2-18-12-5-4-11(8-10(12)9-16)15-7-3-6-14-13(15)17/h4-5,8,16H,2-3,6-7,9H2,1H3,(H,14,17). The number of aliphatic hydroxyl groups excluding tert-OH is 1. The van der Waals surface area contributed by atoms with E-state index in [0.29, 0.717) is 24.5 Å². The lowest BCUT2D eigenvalue weighted by Crippen LogP contribution is -2.46. The molecule has 1 aromatic rings. The molecule has 5 nitrogen and oxygen atoms in total. The molecule has 0 bridgehead atoms. The van der Waals surface area contributed by atoms with E-state index in [1.807, 2.05) is 13.0 Å². The van der Waals surface area contributed by atoms with Gasteiger partial charge in [0, 0.05) is 24.3 Å². The molecule has 1 aliphatic heterocycles. The SMILES string of the molecule is CCOc1ccc(N2CCCNC2=O)cc1CO. The second-order valence-electron chi connectivity index (χ2n) is 4.12. The Balaban J connectivity index is 2.25. The average molecular weight is 250 g/mol. The van der Waals surface area contributed by atoms with Crippen molar-refractivity contribution in [3.63, 3.8) is 0 Å². The second kappa shape index (κ2) is 5.73. The van der Waals surface area contributed by atoms with E-state index in [-0.39, 0.29) is 12.6 Å². The van der Waals surface area contributed by atoms with Crippen molar-refractivity contribution in [1.82, 2.24) is 5.32 Å². The number of carbonyl (C=O) groups excluding carboxylic acids is 1. The monoisotopic (exact) mass is 250 g/mol. The Morgan fingerprint density at radius 1 is 1.50 bits per heavy atom. The van der Waals surface area contributed by atoms with Crippen LogP contribution in [0.25, 0.3) is 0 Å². The van der Waals surface area contributed by atoms with Gasteiger partial charge in [0.05, 0.1) is 13.2 Å². The summed E-state index contributed by atoms with van der Waals surface area (Å²) in [6, 6.07) is 5.35. The summed E-state index contributed by atoms with van der Waals surface area (Å²) >= 11 is 0. The van der Waals surface area contributed by atoms with Crippen molar-refractivity contribution in [1.29, 1.82) is 0 Å². The molecule has 1 fully saturated rings. The molecule has 1 heterocycles.